The van der Waals surface area contributed by atoms with Crippen LogP contribution in [0.3, 0.4) is 0 Å². The Hall–Kier alpha value is -4.84. The summed E-state index contributed by atoms with van der Waals surface area (Å²) in [4.78, 5) is 12.8. The predicted molar refractivity (Wildman–Crippen MR) is 117 cm³/mol. The van der Waals surface area contributed by atoms with Gasteiger partial charge in [-0.2, -0.15) is 5.26 Å². The molecular weight excluding hydrogens is 422 g/mol. The Labute approximate surface area is 187 Å². The van der Waals surface area contributed by atoms with Crippen LogP contribution in [0.5, 0.6) is 11.5 Å². The van der Waals surface area contributed by atoms with E-state index in [2.05, 4.69) is 10.3 Å². The number of nitrogens with zero attached hydrogens (tertiary/aromatic N) is 4. The SMILES string of the molecule is N#CC1=C(N)Oc2c(oc(Cn3cc(-c4ccccc4)nn3)cc2=O)C1c1ccc(O)cc1. The number of rotatable bonds is 4. The highest BCUT2D eigenvalue weighted by molar-refractivity contribution is 5.57. The van der Waals surface area contributed by atoms with Crippen LogP contribution in [0, 0.1) is 11.3 Å². The number of aromatic nitrogens is 3. The van der Waals surface area contributed by atoms with E-state index < -0.39 is 11.3 Å². The van der Waals surface area contributed by atoms with Gasteiger partial charge in [0.2, 0.25) is 17.1 Å². The fourth-order valence-electron chi connectivity index (χ4n) is 3.74. The number of allylic oxidation sites excluding steroid dienone is 1. The van der Waals surface area contributed by atoms with E-state index in [0.29, 0.717) is 17.0 Å². The van der Waals surface area contributed by atoms with Crippen LogP contribution >= 0.6 is 0 Å². The smallest absolute Gasteiger partial charge is 0.228 e. The molecule has 2 aromatic heterocycles. The zero-order valence-electron chi connectivity index (χ0n) is 17.2. The summed E-state index contributed by atoms with van der Waals surface area (Å²) in [5.41, 5.74) is 7.82. The summed E-state index contributed by atoms with van der Waals surface area (Å²) >= 11 is 0. The molecule has 0 aliphatic carbocycles. The van der Waals surface area contributed by atoms with Crippen LogP contribution in [-0.2, 0) is 6.54 Å². The van der Waals surface area contributed by atoms with Gasteiger partial charge in [0.1, 0.15) is 35.4 Å². The van der Waals surface area contributed by atoms with E-state index in [-0.39, 0.29) is 35.3 Å². The van der Waals surface area contributed by atoms with Gasteiger partial charge in [-0.3, -0.25) is 4.79 Å². The van der Waals surface area contributed by atoms with E-state index in [4.69, 9.17) is 14.9 Å². The molecule has 1 aliphatic heterocycles. The molecule has 9 nitrogen and oxygen atoms in total. The van der Waals surface area contributed by atoms with Crippen LogP contribution in [0.2, 0.25) is 0 Å². The van der Waals surface area contributed by atoms with Gasteiger partial charge in [-0.15, -0.1) is 5.10 Å². The first-order chi connectivity index (χ1) is 16.0. The number of nitrogens with two attached hydrogens (primary N) is 1. The average Bonchev–Trinajstić information content (AvgIpc) is 3.29. The molecule has 0 bridgehead atoms. The molecule has 9 heteroatoms. The fourth-order valence-corrected chi connectivity index (χ4v) is 3.74. The van der Waals surface area contributed by atoms with Crippen molar-refractivity contribution >= 4 is 0 Å². The molecule has 162 valence electrons. The molecular formula is C24H17N5O4. The second-order valence-corrected chi connectivity index (χ2v) is 7.45. The Balaban J connectivity index is 1.55. The van der Waals surface area contributed by atoms with Gasteiger partial charge in [0.15, 0.2) is 5.76 Å². The maximum Gasteiger partial charge on any atom is 0.228 e. The van der Waals surface area contributed by atoms with Gasteiger partial charge in [0.05, 0.1) is 12.1 Å². The number of fused-ring (bicyclic) bond motifs is 1. The molecule has 0 fully saturated rings. The number of benzene rings is 2. The lowest BCUT2D eigenvalue weighted by molar-refractivity contribution is 0.329. The molecule has 3 N–H and O–H groups in total. The van der Waals surface area contributed by atoms with E-state index >= 15 is 0 Å². The summed E-state index contributed by atoms with van der Waals surface area (Å²) in [6.07, 6.45) is 1.75. The Morgan fingerprint density at radius 3 is 2.64 bits per heavy atom. The van der Waals surface area contributed by atoms with Gasteiger partial charge in [0.25, 0.3) is 0 Å². The minimum Gasteiger partial charge on any atom is -0.508 e. The molecule has 0 spiro atoms. The summed E-state index contributed by atoms with van der Waals surface area (Å²) in [5.74, 6) is -0.450. The molecule has 4 aromatic rings. The van der Waals surface area contributed by atoms with E-state index in [1.54, 1.807) is 23.0 Å². The molecule has 2 aromatic carbocycles. The quantitative estimate of drug-likeness (QED) is 0.495. The topological polar surface area (TPSA) is 140 Å². The van der Waals surface area contributed by atoms with Crippen LogP contribution in [0.25, 0.3) is 11.3 Å². The molecule has 1 atom stereocenters. The Morgan fingerprint density at radius 2 is 1.91 bits per heavy atom. The summed E-state index contributed by atoms with van der Waals surface area (Å²) in [5, 5.41) is 27.6. The first-order valence-electron chi connectivity index (χ1n) is 10.0. The molecule has 0 amide bonds. The lowest BCUT2D eigenvalue weighted by Gasteiger charge is -2.24. The fraction of sp³-hybridized carbons (Fsp3) is 0.0833. The molecule has 3 heterocycles. The van der Waals surface area contributed by atoms with E-state index in [9.17, 15) is 15.2 Å². The molecule has 5 rings (SSSR count). The zero-order chi connectivity index (χ0) is 22.9. The van der Waals surface area contributed by atoms with Crippen molar-refractivity contribution in [3.05, 3.63) is 106 Å². The number of ether oxygens (including phenoxy) is 1. The lowest BCUT2D eigenvalue weighted by Crippen LogP contribution is -2.25. The van der Waals surface area contributed by atoms with Crippen molar-refractivity contribution in [2.75, 3.05) is 0 Å². The van der Waals surface area contributed by atoms with Crippen molar-refractivity contribution in [2.24, 2.45) is 5.73 Å². The van der Waals surface area contributed by atoms with Crippen LogP contribution in [0.15, 0.2) is 87.5 Å². The van der Waals surface area contributed by atoms with Crippen molar-refractivity contribution in [3.63, 3.8) is 0 Å². The number of nitriles is 1. The standard InChI is InChI=1S/C24H17N5O4/c25-11-18-21(15-6-8-16(30)9-7-15)23-22(33-24(18)26)20(31)10-17(32-23)12-29-13-19(27-28-29)14-4-2-1-3-5-14/h1-10,13,21,30H,12,26H2. The van der Waals surface area contributed by atoms with Crippen molar-refractivity contribution < 1.29 is 14.3 Å². The predicted octanol–water partition coefficient (Wildman–Crippen LogP) is 2.87. The van der Waals surface area contributed by atoms with Crippen molar-refractivity contribution in [3.8, 4) is 28.8 Å². The third-order valence-electron chi connectivity index (χ3n) is 5.28. The van der Waals surface area contributed by atoms with Gasteiger partial charge in [0, 0.05) is 11.6 Å². The molecule has 1 aliphatic rings. The first-order valence-corrected chi connectivity index (χ1v) is 10.0. The highest BCUT2D eigenvalue weighted by atomic mass is 16.5. The Morgan fingerprint density at radius 1 is 1.15 bits per heavy atom. The number of hydrogen-bond acceptors (Lipinski definition) is 8. The average molecular weight is 439 g/mol. The number of aromatic hydroxyl groups is 1. The summed E-state index contributed by atoms with van der Waals surface area (Å²) in [6, 6.07) is 19.2. The maximum absolute atomic E-state index is 12.8. The largest absolute Gasteiger partial charge is 0.508 e. The second kappa shape index (κ2) is 8.01. The Bertz CT molecular complexity index is 1460. The summed E-state index contributed by atoms with van der Waals surface area (Å²) < 4.78 is 13.1. The third kappa shape index (κ3) is 3.70. The van der Waals surface area contributed by atoms with Crippen molar-refractivity contribution in [1.82, 2.24) is 15.0 Å². The number of phenols is 1. The first kappa shape index (κ1) is 20.1. The van der Waals surface area contributed by atoms with Crippen molar-refractivity contribution in [2.45, 2.75) is 12.5 Å². The Kier molecular flexibility index (Phi) is 4.88. The number of hydrogen-bond donors (Lipinski definition) is 2. The van der Waals surface area contributed by atoms with Crippen LogP contribution in [0.4, 0.5) is 0 Å². The van der Waals surface area contributed by atoms with Gasteiger partial charge >= 0.3 is 0 Å². The van der Waals surface area contributed by atoms with Crippen LogP contribution < -0.4 is 15.9 Å². The van der Waals surface area contributed by atoms with Gasteiger partial charge in [-0.1, -0.05) is 47.7 Å². The summed E-state index contributed by atoms with van der Waals surface area (Å²) in [6.45, 7) is 0.145. The highest BCUT2D eigenvalue weighted by Crippen LogP contribution is 2.41. The second-order valence-electron chi connectivity index (χ2n) is 7.45. The van der Waals surface area contributed by atoms with E-state index in [1.165, 1.54) is 18.2 Å². The highest BCUT2D eigenvalue weighted by Gasteiger charge is 2.35. The molecule has 33 heavy (non-hydrogen) atoms. The minimum absolute atomic E-state index is 0.0668. The number of phenolic OH excluding ortho intramolecular Hbond substituents is 1. The monoisotopic (exact) mass is 439 g/mol. The minimum atomic E-state index is -0.761. The van der Waals surface area contributed by atoms with Gasteiger partial charge in [-0.05, 0) is 17.7 Å². The van der Waals surface area contributed by atoms with Gasteiger partial charge in [-0.25, -0.2) is 4.68 Å². The molecule has 0 saturated heterocycles. The molecule has 1 unspecified atom stereocenters. The van der Waals surface area contributed by atoms with Crippen LogP contribution in [-0.4, -0.2) is 20.1 Å². The summed E-state index contributed by atoms with van der Waals surface area (Å²) in [7, 11) is 0. The van der Waals surface area contributed by atoms with E-state index in [0.717, 1.165) is 5.56 Å². The van der Waals surface area contributed by atoms with E-state index in [1.807, 2.05) is 36.4 Å². The third-order valence-corrected chi connectivity index (χ3v) is 5.28. The maximum atomic E-state index is 12.8. The van der Waals surface area contributed by atoms with Gasteiger partial charge < -0.3 is 20.0 Å². The molecule has 0 saturated carbocycles. The lowest BCUT2D eigenvalue weighted by atomic mass is 9.87. The van der Waals surface area contributed by atoms with Crippen molar-refractivity contribution in [1.29, 1.82) is 5.26 Å². The normalized spacial score (nSPS) is 14.9. The van der Waals surface area contributed by atoms with Crippen LogP contribution in [0.1, 0.15) is 23.0 Å². The zero-order valence-corrected chi connectivity index (χ0v) is 17.2. The molecule has 0 radical (unpaired) electrons.